The van der Waals surface area contributed by atoms with Crippen LogP contribution >= 0.6 is 0 Å². The number of carbonyl (C=O) groups is 1. The third-order valence-electron chi connectivity index (χ3n) is 5.23. The number of rotatable bonds is 2. The molecule has 1 aliphatic rings. The molecule has 2 aromatic heterocycles. The summed E-state index contributed by atoms with van der Waals surface area (Å²) in [5, 5.41) is 0.688. The second-order valence-corrected chi connectivity index (χ2v) is 7.09. The first-order valence-corrected chi connectivity index (χ1v) is 9.16. The molecule has 0 aliphatic carbocycles. The SMILES string of the molecule is Cc1nc(N)ncc1C(=O)N1CCC(c2nc3ccc(F)cc3cc2N)CC1. The van der Waals surface area contributed by atoms with Gasteiger partial charge in [-0.3, -0.25) is 9.78 Å². The van der Waals surface area contributed by atoms with Crippen molar-refractivity contribution in [2.45, 2.75) is 25.7 Å². The second kappa shape index (κ2) is 7.03. The molecular weight excluding hydrogens is 359 g/mol. The van der Waals surface area contributed by atoms with E-state index in [2.05, 4.69) is 15.0 Å². The molecule has 0 saturated carbocycles. The summed E-state index contributed by atoms with van der Waals surface area (Å²) in [5.74, 6) is -0.0890. The number of piperidine rings is 1. The van der Waals surface area contributed by atoms with Gasteiger partial charge in [-0.25, -0.2) is 14.4 Å². The largest absolute Gasteiger partial charge is 0.397 e. The van der Waals surface area contributed by atoms with Gasteiger partial charge >= 0.3 is 0 Å². The van der Waals surface area contributed by atoms with Gasteiger partial charge in [-0.05, 0) is 44.0 Å². The van der Waals surface area contributed by atoms with E-state index in [1.807, 2.05) is 0 Å². The van der Waals surface area contributed by atoms with Crippen molar-refractivity contribution in [3.8, 4) is 0 Å². The van der Waals surface area contributed by atoms with Gasteiger partial charge in [0.25, 0.3) is 5.91 Å². The lowest BCUT2D eigenvalue weighted by Gasteiger charge is -2.32. The number of likely N-dealkylation sites (tertiary alicyclic amines) is 1. The molecule has 1 aromatic carbocycles. The molecule has 4 N–H and O–H groups in total. The highest BCUT2D eigenvalue weighted by Gasteiger charge is 2.27. The van der Waals surface area contributed by atoms with Crippen LogP contribution in [0.25, 0.3) is 10.9 Å². The summed E-state index contributed by atoms with van der Waals surface area (Å²) in [6, 6.07) is 6.26. The average molecular weight is 380 g/mol. The molecular formula is C20H21FN6O. The van der Waals surface area contributed by atoms with Gasteiger partial charge in [-0.1, -0.05) is 0 Å². The number of benzene rings is 1. The summed E-state index contributed by atoms with van der Waals surface area (Å²) in [7, 11) is 0. The third-order valence-corrected chi connectivity index (χ3v) is 5.23. The molecule has 0 spiro atoms. The Hall–Kier alpha value is -3.29. The van der Waals surface area contributed by atoms with Crippen LogP contribution in [0.5, 0.6) is 0 Å². The summed E-state index contributed by atoms with van der Waals surface area (Å²) in [6.45, 7) is 2.94. The van der Waals surface area contributed by atoms with Crippen LogP contribution in [0.3, 0.4) is 0 Å². The topological polar surface area (TPSA) is 111 Å². The molecule has 0 atom stereocenters. The molecule has 144 valence electrons. The number of aromatic nitrogens is 3. The third kappa shape index (κ3) is 3.33. The Morgan fingerprint density at radius 1 is 1.18 bits per heavy atom. The number of nitrogens with two attached hydrogens (primary N) is 2. The number of aryl methyl sites for hydroxylation is 1. The van der Waals surface area contributed by atoms with E-state index >= 15 is 0 Å². The summed E-state index contributed by atoms with van der Waals surface area (Å²) in [4.78, 5) is 27.2. The molecule has 8 heteroatoms. The predicted molar refractivity (Wildman–Crippen MR) is 105 cm³/mol. The minimum atomic E-state index is -0.310. The average Bonchev–Trinajstić information content (AvgIpc) is 2.67. The maximum atomic E-state index is 13.4. The number of fused-ring (bicyclic) bond motifs is 1. The van der Waals surface area contributed by atoms with Gasteiger partial charge < -0.3 is 16.4 Å². The molecule has 1 fully saturated rings. The number of nitrogens with zero attached hydrogens (tertiary/aromatic N) is 4. The fraction of sp³-hybridized carbons (Fsp3) is 0.300. The standard InChI is InChI=1S/C20H21FN6O/c1-11-15(10-24-20(23)25-11)19(28)27-6-4-12(5-7-27)18-16(22)9-13-8-14(21)2-3-17(13)26-18/h2-3,8-10,12H,4-7,22H2,1H3,(H2,23,24,25). The van der Waals surface area contributed by atoms with Crippen molar-refractivity contribution in [2.24, 2.45) is 0 Å². The van der Waals surface area contributed by atoms with Crippen molar-refractivity contribution in [1.82, 2.24) is 19.9 Å². The lowest BCUT2D eigenvalue weighted by atomic mass is 9.91. The molecule has 1 saturated heterocycles. The van der Waals surface area contributed by atoms with Crippen molar-refractivity contribution in [3.63, 3.8) is 0 Å². The quantitative estimate of drug-likeness (QED) is 0.707. The number of anilines is 2. The van der Waals surface area contributed by atoms with E-state index in [9.17, 15) is 9.18 Å². The zero-order valence-corrected chi connectivity index (χ0v) is 15.5. The molecule has 0 radical (unpaired) electrons. The van der Waals surface area contributed by atoms with Crippen LogP contribution in [-0.4, -0.2) is 38.8 Å². The molecule has 0 unspecified atom stereocenters. The summed E-state index contributed by atoms with van der Waals surface area (Å²) >= 11 is 0. The molecule has 3 aromatic rings. The van der Waals surface area contributed by atoms with Crippen LogP contribution in [0.4, 0.5) is 16.0 Å². The van der Waals surface area contributed by atoms with E-state index in [-0.39, 0.29) is 23.6 Å². The Labute approximate surface area is 161 Å². The number of carbonyl (C=O) groups excluding carboxylic acids is 1. The van der Waals surface area contributed by atoms with Gasteiger partial charge in [-0.2, -0.15) is 0 Å². The highest BCUT2D eigenvalue weighted by atomic mass is 19.1. The Morgan fingerprint density at radius 2 is 1.93 bits per heavy atom. The van der Waals surface area contributed by atoms with Crippen molar-refractivity contribution in [1.29, 1.82) is 0 Å². The first-order chi connectivity index (χ1) is 13.4. The highest BCUT2D eigenvalue weighted by molar-refractivity contribution is 5.95. The van der Waals surface area contributed by atoms with Crippen LogP contribution < -0.4 is 11.5 Å². The lowest BCUT2D eigenvalue weighted by molar-refractivity contribution is 0.0710. The summed E-state index contributed by atoms with van der Waals surface area (Å²) < 4.78 is 13.4. The summed E-state index contributed by atoms with van der Waals surface area (Å²) in [6.07, 6.45) is 2.99. The minimum absolute atomic E-state index is 0.0918. The molecule has 7 nitrogen and oxygen atoms in total. The zero-order chi connectivity index (χ0) is 19.8. The maximum Gasteiger partial charge on any atom is 0.257 e. The van der Waals surface area contributed by atoms with E-state index in [0.29, 0.717) is 35.4 Å². The predicted octanol–water partition coefficient (Wildman–Crippen LogP) is 2.66. The number of hydrogen-bond acceptors (Lipinski definition) is 6. The fourth-order valence-corrected chi connectivity index (χ4v) is 3.73. The first kappa shape index (κ1) is 18.1. The fourth-order valence-electron chi connectivity index (χ4n) is 3.73. The molecule has 0 bridgehead atoms. The molecule has 28 heavy (non-hydrogen) atoms. The number of amides is 1. The van der Waals surface area contributed by atoms with Gasteiger partial charge in [0, 0.05) is 30.6 Å². The van der Waals surface area contributed by atoms with Crippen LogP contribution in [0, 0.1) is 12.7 Å². The smallest absolute Gasteiger partial charge is 0.257 e. The van der Waals surface area contributed by atoms with Crippen LogP contribution in [0.2, 0.25) is 0 Å². The van der Waals surface area contributed by atoms with E-state index in [1.165, 1.54) is 18.3 Å². The maximum absolute atomic E-state index is 13.4. The van der Waals surface area contributed by atoms with Gasteiger partial charge in [-0.15, -0.1) is 0 Å². The van der Waals surface area contributed by atoms with Crippen molar-refractivity contribution < 1.29 is 9.18 Å². The van der Waals surface area contributed by atoms with Gasteiger partial charge in [0.2, 0.25) is 5.95 Å². The summed E-state index contributed by atoms with van der Waals surface area (Å²) in [5.41, 5.74) is 14.9. The van der Waals surface area contributed by atoms with E-state index in [0.717, 1.165) is 24.1 Å². The first-order valence-electron chi connectivity index (χ1n) is 9.16. The van der Waals surface area contributed by atoms with E-state index in [1.54, 1.807) is 24.0 Å². The van der Waals surface area contributed by atoms with E-state index in [4.69, 9.17) is 11.5 Å². The number of hydrogen-bond donors (Lipinski definition) is 2. The molecule has 4 rings (SSSR count). The molecule has 1 aliphatic heterocycles. The van der Waals surface area contributed by atoms with Gasteiger partial charge in [0.05, 0.1) is 28.2 Å². The van der Waals surface area contributed by atoms with Crippen molar-refractivity contribution >= 4 is 28.4 Å². The number of nitrogen functional groups attached to an aromatic ring is 2. The Kier molecular flexibility index (Phi) is 4.54. The van der Waals surface area contributed by atoms with Crippen molar-refractivity contribution in [3.05, 3.63) is 53.2 Å². The van der Waals surface area contributed by atoms with Crippen molar-refractivity contribution in [2.75, 3.05) is 24.6 Å². The number of halogens is 1. The Balaban J connectivity index is 1.51. The number of pyridine rings is 1. The van der Waals surface area contributed by atoms with Gasteiger partial charge in [0.1, 0.15) is 5.82 Å². The van der Waals surface area contributed by atoms with Crippen LogP contribution in [0.15, 0.2) is 30.5 Å². The second-order valence-electron chi connectivity index (χ2n) is 7.09. The zero-order valence-electron chi connectivity index (χ0n) is 15.5. The van der Waals surface area contributed by atoms with Gasteiger partial charge in [0.15, 0.2) is 0 Å². The highest BCUT2D eigenvalue weighted by Crippen LogP contribution is 2.33. The van der Waals surface area contributed by atoms with E-state index < -0.39 is 0 Å². The Bertz CT molecular complexity index is 1060. The molecule has 1 amide bonds. The normalized spacial score (nSPS) is 15.1. The lowest BCUT2D eigenvalue weighted by Crippen LogP contribution is -2.38. The minimum Gasteiger partial charge on any atom is -0.397 e. The Morgan fingerprint density at radius 3 is 2.64 bits per heavy atom. The van der Waals surface area contributed by atoms with Crippen LogP contribution in [0.1, 0.15) is 40.5 Å². The van der Waals surface area contributed by atoms with Crippen LogP contribution in [-0.2, 0) is 0 Å². The monoisotopic (exact) mass is 380 g/mol. The molecule has 3 heterocycles.